The molecule has 0 bridgehead atoms. The molecule has 1 aromatic rings. The van der Waals surface area contributed by atoms with Gasteiger partial charge in [0.05, 0.1) is 0 Å². The van der Waals surface area contributed by atoms with Crippen LogP contribution in [0.2, 0.25) is 0 Å². The second-order valence-electron chi connectivity index (χ2n) is 3.28. The average molecular weight is 411 g/mol. The van der Waals surface area contributed by atoms with Crippen LogP contribution in [0.4, 0.5) is 56.2 Å². The normalized spacial score (nSPS) is 10.6. The summed E-state index contributed by atoms with van der Waals surface area (Å²) in [5.41, 5.74) is 1.09. The van der Waals surface area contributed by atoms with Crippen LogP contribution in [-0.2, 0) is 0 Å². The zero-order chi connectivity index (χ0) is 19.5. The summed E-state index contributed by atoms with van der Waals surface area (Å²) in [6.07, 6.45) is 0. The third-order valence-electron chi connectivity index (χ3n) is 1.01. The van der Waals surface area contributed by atoms with Crippen molar-refractivity contribution < 1.29 is 56.2 Å². The van der Waals surface area contributed by atoms with Gasteiger partial charge in [-0.3, -0.25) is 0 Å². The first kappa shape index (κ1) is 31.9. The molecule has 0 aliphatic heterocycles. The summed E-state index contributed by atoms with van der Waals surface area (Å²) in [6.45, 7) is 1.93. The summed E-state index contributed by atoms with van der Waals surface area (Å²) in [7, 11) is -18.0. The van der Waals surface area contributed by atoms with Gasteiger partial charge in [0.25, 0.3) is 0 Å². The predicted octanol–water partition coefficient (Wildman–Crippen LogP) is 5.39. The van der Waals surface area contributed by atoms with Crippen molar-refractivity contribution in [3.63, 3.8) is 0 Å². The molecular formula is C7H8B3F13K-3. The van der Waals surface area contributed by atoms with E-state index in [-0.39, 0.29) is 57.2 Å². The van der Waals surface area contributed by atoms with E-state index in [1.807, 2.05) is 6.92 Å². The number of hydrogen-bond donors (Lipinski definition) is 0. The van der Waals surface area contributed by atoms with Gasteiger partial charge < -0.3 is 51.8 Å². The SMILES string of the molecule is Cc1ccc(F)cc1.F[B-](F)(F)F.F[B-](F)(F)F.F[B-](F)(F)F.[KH]. The molecule has 0 N–H and O–H groups in total. The van der Waals surface area contributed by atoms with E-state index in [9.17, 15) is 56.2 Å². The van der Waals surface area contributed by atoms with E-state index in [2.05, 4.69) is 0 Å². The van der Waals surface area contributed by atoms with Gasteiger partial charge in [0, 0.05) is 0 Å². The van der Waals surface area contributed by atoms with Crippen molar-refractivity contribution >= 4 is 73.1 Å². The van der Waals surface area contributed by atoms with E-state index in [1.54, 1.807) is 12.1 Å². The number of halogens is 13. The number of aryl methyl sites for hydroxylation is 1. The Bertz CT molecular complexity index is 330. The second kappa shape index (κ2) is 14.3. The van der Waals surface area contributed by atoms with Crippen LogP contribution >= 0.6 is 0 Å². The van der Waals surface area contributed by atoms with Crippen molar-refractivity contribution in [2.24, 2.45) is 0 Å². The Morgan fingerprint density at radius 3 is 0.833 bits per heavy atom. The average Bonchev–Trinajstić information content (AvgIpc) is 2.14. The van der Waals surface area contributed by atoms with Gasteiger partial charge in [0.2, 0.25) is 0 Å². The molecule has 0 radical (unpaired) electrons. The van der Waals surface area contributed by atoms with E-state index >= 15 is 0 Å². The van der Waals surface area contributed by atoms with Crippen molar-refractivity contribution in [1.29, 1.82) is 0 Å². The fraction of sp³-hybridized carbons (Fsp3) is 0.143. The van der Waals surface area contributed by atoms with E-state index in [1.165, 1.54) is 12.1 Å². The molecule has 0 aromatic heterocycles. The van der Waals surface area contributed by atoms with Crippen LogP contribution in [-0.4, -0.2) is 73.1 Å². The fourth-order valence-electron chi connectivity index (χ4n) is 0.533. The van der Waals surface area contributed by atoms with Gasteiger partial charge in [-0.2, -0.15) is 0 Å². The van der Waals surface area contributed by atoms with Crippen LogP contribution in [0.25, 0.3) is 0 Å². The third-order valence-corrected chi connectivity index (χ3v) is 1.01. The van der Waals surface area contributed by atoms with Crippen molar-refractivity contribution in [2.75, 3.05) is 0 Å². The van der Waals surface area contributed by atoms with Gasteiger partial charge in [0.15, 0.2) is 0 Å². The summed E-state index contributed by atoms with van der Waals surface area (Å²) in [4.78, 5) is 0. The molecule has 0 saturated carbocycles. The van der Waals surface area contributed by atoms with Crippen LogP contribution in [0, 0.1) is 12.7 Å². The topological polar surface area (TPSA) is 0 Å². The molecule has 0 aliphatic carbocycles. The van der Waals surface area contributed by atoms with Crippen LogP contribution in [0.15, 0.2) is 24.3 Å². The molecule has 0 atom stereocenters. The molecule has 17 heteroatoms. The summed E-state index contributed by atoms with van der Waals surface area (Å²) in [6, 6.07) is 6.40. The van der Waals surface area contributed by atoms with Gasteiger partial charge in [-0.1, -0.05) is 17.7 Å². The van der Waals surface area contributed by atoms with Gasteiger partial charge in [-0.05, 0) is 19.1 Å². The first-order valence-corrected chi connectivity index (χ1v) is 5.13. The molecule has 0 fully saturated rings. The van der Waals surface area contributed by atoms with Crippen LogP contribution in [0.1, 0.15) is 5.56 Å². The molecule has 0 saturated heterocycles. The molecular weight excluding hydrogens is 403 g/mol. The zero-order valence-electron chi connectivity index (χ0n) is 11.0. The summed E-state index contributed by atoms with van der Waals surface area (Å²) in [5, 5.41) is 0. The van der Waals surface area contributed by atoms with E-state index in [0.717, 1.165) is 5.56 Å². The second-order valence-corrected chi connectivity index (χ2v) is 3.28. The Hall–Kier alpha value is 0.141. The summed E-state index contributed by atoms with van der Waals surface area (Å²) >= 11 is 0. The third kappa shape index (κ3) is 96.2. The van der Waals surface area contributed by atoms with Gasteiger partial charge >= 0.3 is 73.1 Å². The van der Waals surface area contributed by atoms with Crippen molar-refractivity contribution in [1.82, 2.24) is 0 Å². The van der Waals surface area contributed by atoms with Crippen molar-refractivity contribution in [3.05, 3.63) is 35.6 Å². The molecule has 140 valence electrons. The molecule has 24 heavy (non-hydrogen) atoms. The first-order valence-electron chi connectivity index (χ1n) is 5.13. The number of benzene rings is 1. The molecule has 0 spiro atoms. The predicted molar refractivity (Wildman–Crippen MR) is 68.8 cm³/mol. The Morgan fingerprint density at radius 2 is 0.708 bits per heavy atom. The maximum absolute atomic E-state index is 12.1. The Balaban J connectivity index is -0.000000113. The van der Waals surface area contributed by atoms with Gasteiger partial charge in [-0.25, -0.2) is 4.39 Å². The quantitative estimate of drug-likeness (QED) is 0.398. The Labute approximate surface area is 170 Å². The first-order chi connectivity index (χ1) is 9.79. The molecule has 0 nitrogen and oxygen atoms in total. The van der Waals surface area contributed by atoms with Crippen LogP contribution < -0.4 is 0 Å². The minimum atomic E-state index is -6.00. The van der Waals surface area contributed by atoms with E-state index in [0.29, 0.717) is 0 Å². The van der Waals surface area contributed by atoms with Gasteiger partial charge in [-0.15, -0.1) is 0 Å². The number of hydrogen-bond acceptors (Lipinski definition) is 0. The monoisotopic (exact) mass is 411 g/mol. The minimum absolute atomic E-state index is 0. The van der Waals surface area contributed by atoms with E-state index < -0.39 is 21.8 Å². The molecule has 1 aromatic carbocycles. The summed E-state index contributed by atoms with van der Waals surface area (Å²) in [5.74, 6) is -0.171. The molecule has 1 rings (SSSR count). The van der Waals surface area contributed by atoms with Crippen LogP contribution in [0.3, 0.4) is 0 Å². The Morgan fingerprint density at radius 1 is 0.542 bits per heavy atom. The molecule has 0 heterocycles. The van der Waals surface area contributed by atoms with Crippen LogP contribution in [0.5, 0.6) is 0 Å². The standard InChI is InChI=1S/C7H7F.3BF4.K.H/c1-6-2-4-7(8)5-3-6;3*2-1(3,4)5;;/h2-5H,1H3;;;;;/q;3*-1;;. The van der Waals surface area contributed by atoms with Crippen molar-refractivity contribution in [3.8, 4) is 0 Å². The Kier molecular flexibility index (Phi) is 19.0. The zero-order valence-corrected chi connectivity index (χ0v) is 11.0. The molecule has 0 amide bonds. The van der Waals surface area contributed by atoms with Crippen molar-refractivity contribution in [2.45, 2.75) is 6.92 Å². The fourth-order valence-corrected chi connectivity index (χ4v) is 0.533. The molecule has 0 aliphatic rings. The summed E-state index contributed by atoms with van der Waals surface area (Å²) < 4.78 is 129. The van der Waals surface area contributed by atoms with Gasteiger partial charge in [0.1, 0.15) is 5.82 Å². The molecule has 0 unspecified atom stereocenters. The number of rotatable bonds is 0. The maximum atomic E-state index is 12.1. The van der Waals surface area contributed by atoms with E-state index in [4.69, 9.17) is 0 Å².